The van der Waals surface area contributed by atoms with Crippen molar-refractivity contribution in [3.8, 4) is 0 Å². The number of carbonyl (C=O) groups excluding carboxylic acids is 2. The molecule has 1 aliphatic heterocycles. The van der Waals surface area contributed by atoms with Gasteiger partial charge in [0.25, 0.3) is 5.91 Å². The van der Waals surface area contributed by atoms with Crippen molar-refractivity contribution in [1.82, 2.24) is 10.2 Å². The van der Waals surface area contributed by atoms with E-state index in [1.54, 1.807) is 35.2 Å². The lowest BCUT2D eigenvalue weighted by Crippen LogP contribution is -2.40. The Balaban J connectivity index is 1.47. The number of benzene rings is 2. The second-order valence-corrected chi connectivity index (χ2v) is 6.92. The van der Waals surface area contributed by atoms with E-state index in [0.29, 0.717) is 37.1 Å². The first kappa shape index (κ1) is 19.0. The number of amides is 2. The number of hydrogen-bond donors (Lipinski definition) is 2. The smallest absolute Gasteiger partial charge is 0.251 e. The molecule has 142 valence electrons. The molecule has 0 saturated carbocycles. The summed E-state index contributed by atoms with van der Waals surface area (Å²) in [6.45, 7) is 1.06. The molecule has 5 nitrogen and oxygen atoms in total. The standard InChI is InChI=1S/C21H24FN3O2/c22-19-9-5-4-8-16(19)12-17(23)13-20(26)25-11-10-18(14-25)24-21(27)15-6-2-1-3-7-15/h1-9,17-18H,10-14,23H2,(H,24,27)/t17-,18-/m1/s1. The molecular formula is C21H24FN3O2. The Kier molecular flexibility index (Phi) is 6.19. The summed E-state index contributed by atoms with van der Waals surface area (Å²) in [5.41, 5.74) is 7.18. The van der Waals surface area contributed by atoms with Crippen molar-refractivity contribution < 1.29 is 14.0 Å². The van der Waals surface area contributed by atoms with Gasteiger partial charge in [-0.1, -0.05) is 36.4 Å². The summed E-state index contributed by atoms with van der Waals surface area (Å²) in [5, 5.41) is 2.97. The maximum absolute atomic E-state index is 13.7. The Labute approximate surface area is 158 Å². The predicted octanol–water partition coefficient (Wildman–Crippen LogP) is 2.12. The highest BCUT2D eigenvalue weighted by Gasteiger charge is 2.28. The average Bonchev–Trinajstić information content (AvgIpc) is 3.13. The minimum absolute atomic E-state index is 0.0599. The highest BCUT2D eigenvalue weighted by atomic mass is 19.1. The van der Waals surface area contributed by atoms with Crippen LogP contribution >= 0.6 is 0 Å². The summed E-state index contributed by atoms with van der Waals surface area (Å²) in [6.07, 6.45) is 1.20. The average molecular weight is 369 g/mol. The van der Waals surface area contributed by atoms with Crippen molar-refractivity contribution in [3.63, 3.8) is 0 Å². The molecule has 1 aliphatic rings. The van der Waals surface area contributed by atoms with Gasteiger partial charge >= 0.3 is 0 Å². The van der Waals surface area contributed by atoms with Gasteiger partial charge < -0.3 is 16.0 Å². The monoisotopic (exact) mass is 369 g/mol. The summed E-state index contributed by atoms with van der Waals surface area (Å²) >= 11 is 0. The van der Waals surface area contributed by atoms with E-state index in [2.05, 4.69) is 5.32 Å². The quantitative estimate of drug-likeness (QED) is 0.819. The molecule has 2 aromatic carbocycles. The molecule has 0 bridgehead atoms. The third kappa shape index (κ3) is 5.14. The fourth-order valence-electron chi connectivity index (χ4n) is 3.33. The van der Waals surface area contributed by atoms with E-state index in [9.17, 15) is 14.0 Å². The highest BCUT2D eigenvalue weighted by Crippen LogP contribution is 2.14. The number of halogens is 1. The van der Waals surface area contributed by atoms with Gasteiger partial charge in [-0.05, 0) is 36.6 Å². The molecule has 2 atom stereocenters. The summed E-state index contributed by atoms with van der Waals surface area (Å²) in [5.74, 6) is -0.494. The first-order valence-electron chi connectivity index (χ1n) is 9.15. The molecule has 0 aliphatic carbocycles. The maximum atomic E-state index is 13.7. The number of nitrogens with zero attached hydrogens (tertiary/aromatic N) is 1. The normalized spacial score (nSPS) is 17.6. The van der Waals surface area contributed by atoms with Gasteiger partial charge in [0.1, 0.15) is 5.82 Å². The lowest BCUT2D eigenvalue weighted by molar-refractivity contribution is -0.130. The SMILES string of the molecule is N[C@@H](CC(=O)N1CC[C@@H](NC(=O)c2ccccc2)C1)Cc1ccccc1F. The van der Waals surface area contributed by atoms with Crippen LogP contribution in [0.1, 0.15) is 28.8 Å². The molecule has 1 saturated heterocycles. The summed E-state index contributed by atoms with van der Waals surface area (Å²) in [6, 6.07) is 15.0. The van der Waals surface area contributed by atoms with Gasteiger partial charge in [0, 0.05) is 37.2 Å². The molecule has 2 aromatic rings. The van der Waals surface area contributed by atoms with Gasteiger partial charge in [-0.25, -0.2) is 4.39 Å². The third-order valence-electron chi connectivity index (χ3n) is 4.79. The Bertz CT molecular complexity index is 797. The van der Waals surface area contributed by atoms with Gasteiger partial charge in [-0.15, -0.1) is 0 Å². The van der Waals surface area contributed by atoms with E-state index < -0.39 is 6.04 Å². The lowest BCUT2D eigenvalue weighted by Gasteiger charge is -2.20. The molecule has 27 heavy (non-hydrogen) atoms. The molecule has 1 fully saturated rings. The van der Waals surface area contributed by atoms with Crippen LogP contribution in [0.15, 0.2) is 54.6 Å². The van der Waals surface area contributed by atoms with Crippen LogP contribution in [0, 0.1) is 5.82 Å². The van der Waals surface area contributed by atoms with Crippen molar-refractivity contribution in [2.75, 3.05) is 13.1 Å². The van der Waals surface area contributed by atoms with Crippen LogP contribution in [0.5, 0.6) is 0 Å². The van der Waals surface area contributed by atoms with Crippen LogP contribution < -0.4 is 11.1 Å². The number of carbonyl (C=O) groups is 2. The van der Waals surface area contributed by atoms with E-state index in [1.165, 1.54) is 6.07 Å². The zero-order valence-corrected chi connectivity index (χ0v) is 15.1. The van der Waals surface area contributed by atoms with Gasteiger partial charge in [-0.3, -0.25) is 9.59 Å². The number of hydrogen-bond acceptors (Lipinski definition) is 3. The van der Waals surface area contributed by atoms with Crippen LogP contribution in [0.25, 0.3) is 0 Å². The number of likely N-dealkylation sites (tertiary alicyclic amines) is 1. The Morgan fingerprint density at radius 2 is 1.85 bits per heavy atom. The molecule has 3 rings (SSSR count). The maximum Gasteiger partial charge on any atom is 0.251 e. The van der Waals surface area contributed by atoms with Crippen LogP contribution in [0.3, 0.4) is 0 Å². The molecule has 0 unspecified atom stereocenters. The van der Waals surface area contributed by atoms with Gasteiger partial charge in [0.15, 0.2) is 0 Å². The van der Waals surface area contributed by atoms with E-state index in [1.807, 2.05) is 18.2 Å². The zero-order chi connectivity index (χ0) is 19.2. The van der Waals surface area contributed by atoms with Gasteiger partial charge in [-0.2, -0.15) is 0 Å². The predicted molar refractivity (Wildman–Crippen MR) is 102 cm³/mol. The third-order valence-corrected chi connectivity index (χ3v) is 4.79. The molecule has 1 heterocycles. The van der Waals surface area contributed by atoms with E-state index in [-0.39, 0.29) is 30.1 Å². The first-order valence-corrected chi connectivity index (χ1v) is 9.15. The van der Waals surface area contributed by atoms with Crippen molar-refractivity contribution in [3.05, 3.63) is 71.5 Å². The fourth-order valence-corrected chi connectivity index (χ4v) is 3.33. The lowest BCUT2D eigenvalue weighted by atomic mass is 10.0. The van der Waals surface area contributed by atoms with Gasteiger partial charge in [0.2, 0.25) is 5.91 Å². The van der Waals surface area contributed by atoms with Crippen LogP contribution in [0.4, 0.5) is 4.39 Å². The summed E-state index contributed by atoms with van der Waals surface area (Å²) in [7, 11) is 0. The van der Waals surface area contributed by atoms with Crippen LogP contribution in [-0.4, -0.2) is 41.9 Å². The molecule has 3 N–H and O–H groups in total. The number of rotatable bonds is 6. The largest absolute Gasteiger partial charge is 0.347 e. The molecule has 0 aromatic heterocycles. The van der Waals surface area contributed by atoms with Crippen LogP contribution in [-0.2, 0) is 11.2 Å². The molecular weight excluding hydrogens is 345 g/mol. The second-order valence-electron chi connectivity index (χ2n) is 6.92. The van der Waals surface area contributed by atoms with Crippen molar-refractivity contribution in [2.24, 2.45) is 5.73 Å². The van der Waals surface area contributed by atoms with E-state index in [0.717, 1.165) is 0 Å². The molecule has 2 amide bonds. The van der Waals surface area contributed by atoms with Crippen molar-refractivity contribution in [2.45, 2.75) is 31.3 Å². The minimum Gasteiger partial charge on any atom is -0.347 e. The number of nitrogens with one attached hydrogen (secondary N) is 1. The second kappa shape index (κ2) is 8.77. The van der Waals surface area contributed by atoms with Gasteiger partial charge in [0.05, 0.1) is 0 Å². The minimum atomic E-state index is -0.438. The molecule has 0 spiro atoms. The zero-order valence-electron chi connectivity index (χ0n) is 15.1. The van der Waals surface area contributed by atoms with E-state index >= 15 is 0 Å². The Morgan fingerprint density at radius 3 is 2.59 bits per heavy atom. The van der Waals surface area contributed by atoms with Crippen LogP contribution in [0.2, 0.25) is 0 Å². The summed E-state index contributed by atoms with van der Waals surface area (Å²) < 4.78 is 13.7. The van der Waals surface area contributed by atoms with E-state index in [4.69, 9.17) is 5.73 Å². The number of nitrogens with two attached hydrogens (primary N) is 1. The first-order chi connectivity index (χ1) is 13.0. The highest BCUT2D eigenvalue weighted by molar-refractivity contribution is 5.94. The Hall–Kier alpha value is -2.73. The van der Waals surface area contributed by atoms with Crippen molar-refractivity contribution in [1.29, 1.82) is 0 Å². The molecule has 6 heteroatoms. The Morgan fingerprint density at radius 1 is 1.15 bits per heavy atom. The fraction of sp³-hybridized carbons (Fsp3) is 0.333. The topological polar surface area (TPSA) is 75.4 Å². The molecule has 0 radical (unpaired) electrons. The summed E-state index contributed by atoms with van der Waals surface area (Å²) in [4.78, 5) is 26.4. The van der Waals surface area contributed by atoms with Crippen molar-refractivity contribution >= 4 is 11.8 Å².